The van der Waals surface area contributed by atoms with Crippen molar-refractivity contribution < 1.29 is 5.11 Å². The van der Waals surface area contributed by atoms with Crippen LogP contribution in [0.1, 0.15) is 13.3 Å². The first-order valence-electron chi connectivity index (χ1n) is 3.60. The molecule has 1 aliphatic heterocycles. The molecule has 11 heavy (non-hydrogen) atoms. The van der Waals surface area contributed by atoms with Crippen LogP contribution in [0.4, 0.5) is 0 Å². The average molecular weight is 155 g/mol. The van der Waals surface area contributed by atoms with E-state index in [-0.39, 0.29) is 0 Å². The molecular weight excluding hydrogens is 142 g/mol. The molecule has 1 unspecified atom stereocenters. The van der Waals surface area contributed by atoms with Crippen LogP contribution >= 0.6 is 0 Å². The summed E-state index contributed by atoms with van der Waals surface area (Å²) in [7, 11) is 1.79. The van der Waals surface area contributed by atoms with Gasteiger partial charge in [-0.2, -0.15) is 0 Å². The van der Waals surface area contributed by atoms with Gasteiger partial charge >= 0.3 is 0 Å². The summed E-state index contributed by atoms with van der Waals surface area (Å²) >= 11 is 0. The smallest absolute Gasteiger partial charge is 0.227 e. The van der Waals surface area contributed by atoms with Gasteiger partial charge in [-0.3, -0.25) is 0 Å². The van der Waals surface area contributed by atoms with Gasteiger partial charge in [0.2, 0.25) is 6.35 Å². The third kappa shape index (κ3) is 1.51. The normalized spacial score (nSPS) is 24.6. The van der Waals surface area contributed by atoms with E-state index in [1.807, 2.05) is 6.92 Å². The number of nitrogens with zero attached hydrogens (tertiary/aromatic N) is 2. The predicted octanol–water partition coefficient (Wildman–Crippen LogP) is -0.141. The van der Waals surface area contributed by atoms with Crippen LogP contribution in [-0.2, 0) is 0 Å². The van der Waals surface area contributed by atoms with Gasteiger partial charge in [-0.1, -0.05) is 6.92 Å². The number of allylic oxidation sites excluding steroid dienone is 1. The van der Waals surface area contributed by atoms with Crippen LogP contribution in [0, 0.1) is 0 Å². The Bertz CT molecular complexity index is 210. The summed E-state index contributed by atoms with van der Waals surface area (Å²) in [5.74, 6) is 0.396. The highest BCUT2D eigenvalue weighted by Gasteiger charge is 2.16. The van der Waals surface area contributed by atoms with Gasteiger partial charge < -0.3 is 15.7 Å². The second-order valence-electron chi connectivity index (χ2n) is 2.50. The van der Waals surface area contributed by atoms with Gasteiger partial charge in [0.05, 0.1) is 0 Å². The van der Waals surface area contributed by atoms with E-state index in [1.165, 1.54) is 0 Å². The maximum absolute atomic E-state index is 9.27. The summed E-state index contributed by atoms with van der Waals surface area (Å²) in [5, 5.41) is 9.27. The lowest BCUT2D eigenvalue weighted by Gasteiger charge is -2.27. The van der Waals surface area contributed by atoms with Gasteiger partial charge in [0, 0.05) is 12.7 Å². The predicted molar refractivity (Wildman–Crippen MR) is 43.8 cm³/mol. The molecule has 0 aromatic rings. The second-order valence-corrected chi connectivity index (χ2v) is 2.50. The Balaban J connectivity index is 2.84. The molecule has 1 heterocycles. The van der Waals surface area contributed by atoms with Crippen molar-refractivity contribution in [1.82, 2.24) is 4.90 Å². The van der Waals surface area contributed by atoms with Crippen molar-refractivity contribution in [2.24, 2.45) is 10.7 Å². The molecule has 0 fully saturated rings. The Labute approximate surface area is 66.0 Å². The van der Waals surface area contributed by atoms with E-state index in [4.69, 9.17) is 5.73 Å². The minimum Gasteiger partial charge on any atom is -0.384 e. The monoisotopic (exact) mass is 155 g/mol. The van der Waals surface area contributed by atoms with Crippen LogP contribution in [0.3, 0.4) is 0 Å². The molecule has 0 aromatic carbocycles. The largest absolute Gasteiger partial charge is 0.384 e. The Hall–Kier alpha value is -1.03. The van der Waals surface area contributed by atoms with E-state index in [2.05, 4.69) is 4.99 Å². The van der Waals surface area contributed by atoms with Gasteiger partial charge in [-0.25, -0.2) is 4.99 Å². The molecule has 1 aliphatic rings. The summed E-state index contributed by atoms with van der Waals surface area (Å²) < 4.78 is 0. The minimum atomic E-state index is -0.810. The standard InChI is InChI=1S/C7H13N3O/c1-3-5-4-6(8)9-7(11)10(5)2/h4,7,11H,3H2,1-2H3,(H2,8,9). The number of aliphatic hydroxyl groups is 1. The fraction of sp³-hybridized carbons (Fsp3) is 0.571. The van der Waals surface area contributed by atoms with Crippen LogP contribution in [0.2, 0.25) is 0 Å². The van der Waals surface area contributed by atoms with Crippen LogP contribution < -0.4 is 5.73 Å². The van der Waals surface area contributed by atoms with E-state index in [0.717, 1.165) is 12.1 Å². The van der Waals surface area contributed by atoms with Crippen LogP contribution in [0.15, 0.2) is 16.8 Å². The number of nitrogens with two attached hydrogens (primary N) is 1. The molecule has 3 N–H and O–H groups in total. The Morgan fingerprint density at radius 1 is 1.82 bits per heavy atom. The van der Waals surface area contributed by atoms with Gasteiger partial charge in [-0.15, -0.1) is 0 Å². The highest BCUT2D eigenvalue weighted by Crippen LogP contribution is 2.13. The first kappa shape index (κ1) is 8.07. The number of hydrogen-bond acceptors (Lipinski definition) is 4. The lowest BCUT2D eigenvalue weighted by atomic mass is 10.2. The maximum atomic E-state index is 9.27. The molecule has 0 saturated carbocycles. The summed E-state index contributed by atoms with van der Waals surface area (Å²) in [6, 6.07) is 0. The summed E-state index contributed by atoms with van der Waals surface area (Å²) in [5.41, 5.74) is 6.44. The van der Waals surface area contributed by atoms with Crippen LogP contribution in [0.5, 0.6) is 0 Å². The minimum absolute atomic E-state index is 0.396. The Kier molecular flexibility index (Phi) is 2.14. The van der Waals surface area contributed by atoms with E-state index in [9.17, 15) is 5.11 Å². The lowest BCUT2D eigenvalue weighted by molar-refractivity contribution is 0.0501. The zero-order valence-corrected chi connectivity index (χ0v) is 6.78. The number of aliphatic hydroxyl groups excluding tert-OH is 1. The first-order chi connectivity index (χ1) is 5.15. The number of rotatable bonds is 1. The molecular formula is C7H13N3O. The SMILES string of the molecule is CCC1=CC(N)=NC(O)N1C. The molecule has 4 nitrogen and oxygen atoms in total. The van der Waals surface area contributed by atoms with Crippen LogP contribution in [-0.4, -0.2) is 29.2 Å². The quantitative estimate of drug-likeness (QED) is 0.554. The third-order valence-electron chi connectivity index (χ3n) is 1.74. The van der Waals surface area contributed by atoms with Crippen molar-refractivity contribution in [3.05, 3.63) is 11.8 Å². The molecule has 0 bridgehead atoms. The zero-order valence-electron chi connectivity index (χ0n) is 6.78. The number of amidine groups is 1. The Morgan fingerprint density at radius 3 is 3.00 bits per heavy atom. The first-order valence-corrected chi connectivity index (χ1v) is 3.60. The third-order valence-corrected chi connectivity index (χ3v) is 1.74. The molecule has 1 atom stereocenters. The van der Waals surface area contributed by atoms with Crippen molar-refractivity contribution in [2.75, 3.05) is 7.05 Å². The molecule has 62 valence electrons. The van der Waals surface area contributed by atoms with Crippen molar-refractivity contribution >= 4 is 5.84 Å². The van der Waals surface area contributed by atoms with Crippen molar-refractivity contribution in [3.8, 4) is 0 Å². The molecule has 0 radical (unpaired) electrons. The van der Waals surface area contributed by atoms with Crippen molar-refractivity contribution in [2.45, 2.75) is 19.7 Å². The molecule has 0 amide bonds. The molecule has 0 spiro atoms. The summed E-state index contributed by atoms with van der Waals surface area (Å²) in [6.45, 7) is 2.01. The van der Waals surface area contributed by atoms with E-state index in [1.54, 1.807) is 18.0 Å². The Morgan fingerprint density at radius 2 is 2.45 bits per heavy atom. The number of hydrogen-bond donors (Lipinski definition) is 2. The maximum Gasteiger partial charge on any atom is 0.227 e. The van der Waals surface area contributed by atoms with Gasteiger partial charge in [0.1, 0.15) is 5.84 Å². The molecule has 0 aliphatic carbocycles. The molecule has 0 saturated heterocycles. The van der Waals surface area contributed by atoms with Gasteiger partial charge in [0.15, 0.2) is 0 Å². The second kappa shape index (κ2) is 2.92. The zero-order chi connectivity index (χ0) is 8.43. The average Bonchev–Trinajstić information content (AvgIpc) is 1.96. The highest BCUT2D eigenvalue weighted by molar-refractivity contribution is 5.92. The van der Waals surface area contributed by atoms with E-state index >= 15 is 0 Å². The molecule has 4 heteroatoms. The van der Waals surface area contributed by atoms with E-state index < -0.39 is 6.35 Å². The molecule has 1 rings (SSSR count). The van der Waals surface area contributed by atoms with Gasteiger partial charge in [0.25, 0.3) is 0 Å². The van der Waals surface area contributed by atoms with Gasteiger partial charge in [-0.05, 0) is 12.5 Å². The topological polar surface area (TPSA) is 61.9 Å². The lowest BCUT2D eigenvalue weighted by Crippen LogP contribution is -2.35. The highest BCUT2D eigenvalue weighted by atomic mass is 16.3. The summed E-state index contributed by atoms with van der Waals surface area (Å²) in [6.07, 6.45) is 1.81. The van der Waals surface area contributed by atoms with Crippen molar-refractivity contribution in [3.63, 3.8) is 0 Å². The van der Waals surface area contributed by atoms with Crippen molar-refractivity contribution in [1.29, 1.82) is 0 Å². The van der Waals surface area contributed by atoms with E-state index in [0.29, 0.717) is 5.84 Å². The fourth-order valence-corrected chi connectivity index (χ4v) is 1.03. The molecule has 0 aromatic heterocycles. The number of aliphatic imine (C=N–C) groups is 1. The van der Waals surface area contributed by atoms with Crippen LogP contribution in [0.25, 0.3) is 0 Å². The fourth-order valence-electron chi connectivity index (χ4n) is 1.03. The summed E-state index contributed by atoms with van der Waals surface area (Å²) in [4.78, 5) is 5.45.